The Hall–Kier alpha value is -6.07. The number of rotatable bonds is 11. The normalized spacial score (nSPS) is 20.9. The number of imide groups is 2. The smallest absolute Gasteiger partial charge is 0.293 e. The van der Waals surface area contributed by atoms with Crippen LogP contribution in [0.3, 0.4) is 0 Å². The molecule has 1 atom stereocenters. The van der Waals surface area contributed by atoms with Crippen molar-refractivity contribution in [1.82, 2.24) is 35.0 Å². The van der Waals surface area contributed by atoms with Crippen LogP contribution in [-0.4, -0.2) is 118 Å². The minimum Gasteiger partial charge on any atom is -0.478 e. The quantitative estimate of drug-likeness (QED) is 0.173. The highest BCUT2D eigenvalue weighted by Crippen LogP contribution is 2.49. The number of carbonyl (C=O) groups excluding carboxylic acids is 5. The molecule has 4 saturated heterocycles. The Morgan fingerprint density at radius 1 is 0.954 bits per heavy atom. The van der Waals surface area contributed by atoms with Crippen molar-refractivity contribution in [3.05, 3.63) is 75.2 Å². The van der Waals surface area contributed by atoms with Gasteiger partial charge in [0.2, 0.25) is 17.8 Å². The van der Waals surface area contributed by atoms with Crippen LogP contribution in [0.4, 0.5) is 23.1 Å². The first-order valence-corrected chi connectivity index (χ1v) is 22.8. The van der Waals surface area contributed by atoms with E-state index in [1.807, 2.05) is 38.1 Å². The van der Waals surface area contributed by atoms with Gasteiger partial charge in [0.15, 0.2) is 18.2 Å². The summed E-state index contributed by atoms with van der Waals surface area (Å²) in [7, 11) is 1.51. The van der Waals surface area contributed by atoms with Crippen molar-refractivity contribution in [2.45, 2.75) is 83.8 Å². The SMILES string of the molecule is CNC(=O)COc1cc2cc(Nc3nc(N4CCC(CN5CCC6(CN(c7ccc8c(c7)C(=O)N(C7CCC(=O)NC7=O)C8=O)C6)CC5(C)C)CC4)ncc3Cl)ccc2n(C(C)C)c1=O. The van der Waals surface area contributed by atoms with Crippen LogP contribution in [-0.2, 0) is 14.4 Å². The van der Waals surface area contributed by atoms with E-state index in [1.54, 1.807) is 29.0 Å². The van der Waals surface area contributed by atoms with Gasteiger partial charge in [0, 0.05) is 79.9 Å². The highest BCUT2D eigenvalue weighted by atomic mass is 35.5. The zero-order chi connectivity index (χ0) is 45.9. The average Bonchev–Trinajstić information content (AvgIpc) is 3.51. The van der Waals surface area contributed by atoms with Crippen molar-refractivity contribution < 1.29 is 28.7 Å². The van der Waals surface area contributed by atoms with Crippen molar-refractivity contribution in [1.29, 1.82) is 0 Å². The molecular formula is C47H55ClN10O7. The number of likely N-dealkylation sites (tertiary alicyclic amines) is 1. The lowest BCUT2D eigenvalue weighted by molar-refractivity contribution is -0.136. The third-order valence-corrected chi connectivity index (χ3v) is 14.2. The van der Waals surface area contributed by atoms with Gasteiger partial charge in [0.25, 0.3) is 23.3 Å². The maximum Gasteiger partial charge on any atom is 0.293 e. The monoisotopic (exact) mass is 906 g/mol. The predicted molar refractivity (Wildman–Crippen MR) is 246 cm³/mol. The predicted octanol–water partition coefficient (Wildman–Crippen LogP) is 4.89. The van der Waals surface area contributed by atoms with E-state index in [9.17, 15) is 28.8 Å². The molecule has 2 aromatic heterocycles. The molecule has 342 valence electrons. The van der Waals surface area contributed by atoms with Gasteiger partial charge in [-0.25, -0.2) is 4.98 Å². The molecule has 2 aromatic carbocycles. The molecule has 3 N–H and O–H groups in total. The highest BCUT2D eigenvalue weighted by Gasteiger charge is 2.52. The minimum absolute atomic E-state index is 0.000637. The van der Waals surface area contributed by atoms with Crippen LogP contribution in [0.15, 0.2) is 53.5 Å². The number of benzene rings is 2. The van der Waals surface area contributed by atoms with Gasteiger partial charge in [-0.05, 0) is 115 Å². The van der Waals surface area contributed by atoms with Crippen LogP contribution in [0.25, 0.3) is 10.9 Å². The second-order valence-electron chi connectivity index (χ2n) is 19.2. The molecule has 9 rings (SSSR count). The fourth-order valence-corrected chi connectivity index (χ4v) is 10.7. The molecule has 7 heterocycles. The Morgan fingerprint density at radius 2 is 1.71 bits per heavy atom. The molecule has 4 fully saturated rings. The van der Waals surface area contributed by atoms with E-state index in [0.29, 0.717) is 39.5 Å². The summed E-state index contributed by atoms with van der Waals surface area (Å²) in [6, 6.07) is 11.6. The zero-order valence-electron chi connectivity index (χ0n) is 37.4. The molecule has 0 aliphatic carbocycles. The third-order valence-electron chi connectivity index (χ3n) is 13.9. The fourth-order valence-electron chi connectivity index (χ4n) is 10.6. The summed E-state index contributed by atoms with van der Waals surface area (Å²) in [6.45, 7) is 13.7. The summed E-state index contributed by atoms with van der Waals surface area (Å²) < 4.78 is 7.28. The van der Waals surface area contributed by atoms with Crippen molar-refractivity contribution in [3.63, 3.8) is 0 Å². The van der Waals surface area contributed by atoms with Gasteiger partial charge in [-0.15, -0.1) is 0 Å². The molecule has 0 saturated carbocycles. The summed E-state index contributed by atoms with van der Waals surface area (Å²) in [6.07, 6.45) is 5.98. The van der Waals surface area contributed by atoms with Gasteiger partial charge in [-0.2, -0.15) is 4.98 Å². The van der Waals surface area contributed by atoms with E-state index in [0.717, 1.165) is 86.4 Å². The molecule has 1 spiro atoms. The molecule has 5 aliphatic heterocycles. The van der Waals surface area contributed by atoms with E-state index in [2.05, 4.69) is 49.5 Å². The molecule has 17 nitrogen and oxygen atoms in total. The minimum atomic E-state index is -0.982. The van der Waals surface area contributed by atoms with Crippen LogP contribution in [0.1, 0.15) is 93.0 Å². The Bertz CT molecular complexity index is 2670. The number of hydrogen-bond acceptors (Lipinski definition) is 13. The van der Waals surface area contributed by atoms with Crippen molar-refractivity contribution in [2.24, 2.45) is 11.3 Å². The second kappa shape index (κ2) is 17.1. The van der Waals surface area contributed by atoms with E-state index < -0.39 is 29.7 Å². The van der Waals surface area contributed by atoms with Crippen LogP contribution < -0.4 is 36.0 Å². The maximum absolute atomic E-state index is 13.5. The lowest BCUT2D eigenvalue weighted by Gasteiger charge is -2.60. The number of halogens is 1. The Labute approximate surface area is 381 Å². The average molecular weight is 907 g/mol. The molecule has 65 heavy (non-hydrogen) atoms. The lowest BCUT2D eigenvalue weighted by atomic mass is 9.65. The van der Waals surface area contributed by atoms with E-state index in [-0.39, 0.29) is 53.7 Å². The Balaban J connectivity index is 0.791. The number of piperidine rings is 3. The van der Waals surface area contributed by atoms with Crippen LogP contribution in [0, 0.1) is 11.3 Å². The van der Waals surface area contributed by atoms with Gasteiger partial charge in [0.1, 0.15) is 11.1 Å². The second-order valence-corrected chi connectivity index (χ2v) is 19.6. The Morgan fingerprint density at radius 3 is 2.42 bits per heavy atom. The van der Waals surface area contributed by atoms with Crippen LogP contribution >= 0.6 is 11.6 Å². The number of aromatic nitrogens is 3. The van der Waals surface area contributed by atoms with Gasteiger partial charge in [-0.1, -0.05) is 11.6 Å². The highest BCUT2D eigenvalue weighted by molar-refractivity contribution is 6.33. The van der Waals surface area contributed by atoms with E-state index in [4.69, 9.17) is 21.3 Å². The number of nitrogens with one attached hydrogen (secondary N) is 3. The molecule has 5 amide bonds. The number of anilines is 4. The first-order chi connectivity index (χ1) is 31.0. The van der Waals surface area contributed by atoms with Gasteiger partial charge < -0.3 is 29.7 Å². The number of fused-ring (bicyclic) bond motifs is 2. The third kappa shape index (κ3) is 8.39. The molecule has 5 aliphatic rings. The van der Waals surface area contributed by atoms with E-state index in [1.165, 1.54) is 7.05 Å². The first kappa shape index (κ1) is 44.1. The summed E-state index contributed by atoms with van der Waals surface area (Å²) in [5.74, 6) is -0.615. The number of amides is 5. The van der Waals surface area contributed by atoms with Gasteiger partial charge in [0.05, 0.1) is 22.8 Å². The standard InChI is InChI=1S/C47H55ClN10O7/c1-27(2)57-35-9-6-30(18-29(35)19-37(44(57)64)65-23-39(60)49-5)51-40-34(48)21-50-45(53-40)54-15-12-28(13-16-54)22-56-17-14-47(24-46(56,3)4)25-55(26-47)31-7-8-32-33(20-31)43(63)58(42(32)62)36-10-11-38(59)52-41(36)61/h6-9,18-21,27-28,36H,10-17,22-26H2,1-5H3,(H,49,60)(H,50,51,53)(H,52,59,61). The number of pyridine rings is 1. The molecule has 4 aromatic rings. The molecular weight excluding hydrogens is 852 g/mol. The van der Waals surface area contributed by atoms with Crippen LogP contribution in [0.2, 0.25) is 5.02 Å². The molecule has 0 bridgehead atoms. The number of hydrogen-bond donors (Lipinski definition) is 3. The fraction of sp³-hybridized carbons (Fsp3) is 0.489. The van der Waals surface area contributed by atoms with Crippen molar-refractivity contribution in [2.75, 3.05) is 68.0 Å². The van der Waals surface area contributed by atoms with Gasteiger partial charge in [-0.3, -0.25) is 43.9 Å². The van der Waals surface area contributed by atoms with Crippen LogP contribution in [0.5, 0.6) is 5.75 Å². The summed E-state index contributed by atoms with van der Waals surface area (Å²) in [4.78, 5) is 93.7. The Kier molecular flexibility index (Phi) is 11.6. The lowest BCUT2D eigenvalue weighted by Crippen LogP contribution is -2.65. The number of ether oxygens (including phenoxy) is 1. The molecule has 18 heteroatoms. The zero-order valence-corrected chi connectivity index (χ0v) is 38.2. The number of carbonyl (C=O) groups is 5. The number of nitrogens with zero attached hydrogens (tertiary/aromatic N) is 7. The van der Waals surface area contributed by atoms with Crippen molar-refractivity contribution >= 4 is 75.2 Å². The largest absolute Gasteiger partial charge is 0.478 e. The maximum atomic E-state index is 13.5. The molecule has 0 radical (unpaired) electrons. The summed E-state index contributed by atoms with van der Waals surface area (Å²) >= 11 is 6.64. The van der Waals surface area contributed by atoms with Gasteiger partial charge >= 0.3 is 0 Å². The topological polar surface area (TPSA) is 191 Å². The number of likely N-dealkylation sites (N-methyl/N-ethyl adjacent to an activating group) is 1. The van der Waals surface area contributed by atoms with Crippen molar-refractivity contribution in [3.8, 4) is 5.75 Å². The first-order valence-electron chi connectivity index (χ1n) is 22.5. The summed E-state index contributed by atoms with van der Waals surface area (Å²) in [5, 5.41) is 9.25. The summed E-state index contributed by atoms with van der Waals surface area (Å²) in [5.41, 5.74) is 2.80. The van der Waals surface area contributed by atoms with E-state index >= 15 is 0 Å². The molecule has 1 unspecified atom stereocenters.